The summed E-state index contributed by atoms with van der Waals surface area (Å²) < 4.78 is 22.1. The molecule has 2 aliphatic carbocycles. The minimum atomic E-state index is -0.531. The molecule has 0 spiro atoms. The monoisotopic (exact) mass is 466 g/mol. The third-order valence-corrected chi connectivity index (χ3v) is 7.03. The van der Waals surface area contributed by atoms with Gasteiger partial charge in [0.05, 0.1) is 25.5 Å². The number of esters is 1. The Hall–Kier alpha value is -1.66. The van der Waals surface area contributed by atoms with E-state index in [0.29, 0.717) is 17.6 Å². The van der Waals surface area contributed by atoms with Crippen molar-refractivity contribution in [1.29, 1.82) is 0 Å². The van der Waals surface area contributed by atoms with Gasteiger partial charge in [0.15, 0.2) is 6.61 Å². The normalized spacial score (nSPS) is 27.0. The second-order valence-electron chi connectivity index (χ2n) is 9.56. The highest BCUT2D eigenvalue weighted by atomic mass is 19.1. The number of allylic oxidation sites excluding steroid dienone is 4. The van der Waals surface area contributed by atoms with E-state index < -0.39 is 12.6 Å². The summed E-state index contributed by atoms with van der Waals surface area (Å²) in [6, 6.07) is 0. The minimum absolute atomic E-state index is 0.0583. The molecule has 0 aromatic rings. The lowest BCUT2D eigenvalue weighted by atomic mass is 9.74. The van der Waals surface area contributed by atoms with E-state index in [9.17, 15) is 19.4 Å². The highest BCUT2D eigenvalue weighted by Gasteiger charge is 2.43. The Labute approximate surface area is 198 Å². The molecule has 0 saturated heterocycles. The minimum Gasteiger partial charge on any atom is -0.483 e. The maximum atomic E-state index is 12.0. The number of hydrogen-bond donors (Lipinski definition) is 2. The molecule has 2 saturated carbocycles. The van der Waals surface area contributed by atoms with E-state index in [0.717, 1.165) is 64.2 Å². The lowest BCUT2D eigenvalue weighted by molar-refractivity contribution is -0.147. The molecular formula is C27H43FO5. The van der Waals surface area contributed by atoms with Crippen LogP contribution in [0.15, 0.2) is 36.1 Å². The van der Waals surface area contributed by atoms with Crippen molar-refractivity contribution in [2.75, 3.05) is 19.9 Å². The molecule has 0 unspecified atom stereocenters. The van der Waals surface area contributed by atoms with Crippen LogP contribution in [0, 0.1) is 17.8 Å². The van der Waals surface area contributed by atoms with Crippen LogP contribution < -0.4 is 0 Å². The molecule has 188 valence electrons. The molecular weight excluding hydrogens is 423 g/mol. The number of alkyl halides is 1. The number of carbonyl (C=O) groups is 1. The maximum absolute atomic E-state index is 12.0. The van der Waals surface area contributed by atoms with E-state index in [2.05, 4.69) is 19.6 Å². The Balaban J connectivity index is 1.77. The quantitative estimate of drug-likeness (QED) is 0.146. The Morgan fingerprint density at radius 1 is 1.27 bits per heavy atom. The molecule has 33 heavy (non-hydrogen) atoms. The van der Waals surface area contributed by atoms with E-state index in [1.54, 1.807) is 6.08 Å². The van der Waals surface area contributed by atoms with Crippen LogP contribution in [0.3, 0.4) is 0 Å². The van der Waals surface area contributed by atoms with Gasteiger partial charge in [-0.3, -0.25) is 4.39 Å². The van der Waals surface area contributed by atoms with E-state index in [-0.39, 0.29) is 37.8 Å². The summed E-state index contributed by atoms with van der Waals surface area (Å²) in [7, 11) is 0. The molecule has 6 heteroatoms. The molecule has 0 heterocycles. The number of aliphatic hydroxyl groups excluding tert-OH is 2. The summed E-state index contributed by atoms with van der Waals surface area (Å²) in [5, 5.41) is 21.0. The van der Waals surface area contributed by atoms with Crippen LogP contribution in [0.2, 0.25) is 0 Å². The van der Waals surface area contributed by atoms with Crippen LogP contribution in [-0.4, -0.2) is 48.3 Å². The maximum Gasteiger partial charge on any atom is 0.344 e. The van der Waals surface area contributed by atoms with E-state index in [4.69, 9.17) is 9.47 Å². The molecule has 2 fully saturated rings. The predicted octanol–water partition coefficient (Wildman–Crippen LogP) is 5.42. The van der Waals surface area contributed by atoms with Gasteiger partial charge < -0.3 is 19.7 Å². The number of aliphatic hydroxyl groups is 2. The van der Waals surface area contributed by atoms with Crippen LogP contribution >= 0.6 is 0 Å². The zero-order valence-corrected chi connectivity index (χ0v) is 20.2. The first-order chi connectivity index (χ1) is 15.9. The SMILES string of the molecule is C=C(/C=C\C=C1/CC[C@H]2C[C@@H](O)[C@H](CC[C@@H](O)CCCCC)[C@H]2C1)OCC(=O)OCCCF. The molecule has 0 amide bonds. The van der Waals surface area contributed by atoms with Crippen molar-refractivity contribution in [3.63, 3.8) is 0 Å². The molecule has 0 aromatic carbocycles. The van der Waals surface area contributed by atoms with Crippen molar-refractivity contribution in [2.45, 2.75) is 89.8 Å². The molecule has 5 nitrogen and oxygen atoms in total. The van der Waals surface area contributed by atoms with E-state index in [1.165, 1.54) is 5.57 Å². The van der Waals surface area contributed by atoms with Gasteiger partial charge in [-0.15, -0.1) is 0 Å². The fraction of sp³-hybridized carbons (Fsp3) is 0.741. The van der Waals surface area contributed by atoms with E-state index in [1.807, 2.05) is 6.08 Å². The van der Waals surface area contributed by atoms with Gasteiger partial charge in [0, 0.05) is 6.42 Å². The highest BCUT2D eigenvalue weighted by molar-refractivity contribution is 5.70. The highest BCUT2D eigenvalue weighted by Crippen LogP contribution is 2.49. The lowest BCUT2D eigenvalue weighted by Crippen LogP contribution is -2.25. The van der Waals surface area contributed by atoms with Gasteiger partial charge in [-0.2, -0.15) is 0 Å². The van der Waals surface area contributed by atoms with Crippen LogP contribution in [-0.2, 0) is 14.3 Å². The standard InChI is InChI=1S/C27H43FO5/c1-3-4-5-10-23(29)13-14-24-25-17-21(11-12-22(25)18-26(24)30)9-6-8-20(2)33-19-27(31)32-16-7-15-28/h6,8-9,22-26,29-30H,2-5,7,10-19H2,1H3/b8-6-,21-9+/t22-,23-,24+,25-,26+/m0/s1. The van der Waals surface area contributed by atoms with Crippen molar-refractivity contribution in [3.05, 3.63) is 36.1 Å². The predicted molar refractivity (Wildman–Crippen MR) is 128 cm³/mol. The van der Waals surface area contributed by atoms with Crippen molar-refractivity contribution >= 4 is 5.97 Å². The largest absolute Gasteiger partial charge is 0.483 e. The topological polar surface area (TPSA) is 76.0 Å². The van der Waals surface area contributed by atoms with Crippen LogP contribution in [0.25, 0.3) is 0 Å². The van der Waals surface area contributed by atoms with Crippen molar-refractivity contribution in [2.24, 2.45) is 17.8 Å². The number of rotatable bonds is 15. The van der Waals surface area contributed by atoms with Crippen molar-refractivity contribution in [3.8, 4) is 0 Å². The third kappa shape index (κ3) is 10.0. The average molecular weight is 467 g/mol. The molecule has 0 aliphatic heterocycles. The molecule has 2 N–H and O–H groups in total. The number of fused-ring (bicyclic) bond motifs is 1. The van der Waals surface area contributed by atoms with Gasteiger partial charge in [0.1, 0.15) is 5.76 Å². The van der Waals surface area contributed by atoms with Crippen molar-refractivity contribution < 1.29 is 28.9 Å². The number of unbranched alkanes of at least 4 members (excludes halogenated alkanes) is 2. The number of carbonyl (C=O) groups excluding carboxylic acids is 1. The Bertz CT molecular complexity index is 659. The van der Waals surface area contributed by atoms with Gasteiger partial charge in [-0.05, 0) is 68.8 Å². The Morgan fingerprint density at radius 3 is 2.85 bits per heavy atom. The molecule has 0 aromatic heterocycles. The summed E-state index contributed by atoms with van der Waals surface area (Å²) >= 11 is 0. The van der Waals surface area contributed by atoms with Crippen LogP contribution in [0.5, 0.6) is 0 Å². The lowest BCUT2D eigenvalue weighted by Gasteiger charge is -2.31. The molecule has 0 bridgehead atoms. The van der Waals surface area contributed by atoms with Gasteiger partial charge in [0.25, 0.3) is 0 Å². The summed E-state index contributed by atoms with van der Waals surface area (Å²) in [4.78, 5) is 11.5. The van der Waals surface area contributed by atoms with Crippen LogP contribution in [0.1, 0.15) is 77.6 Å². The summed E-state index contributed by atoms with van der Waals surface area (Å²) in [6.07, 6.45) is 15.3. The molecule has 5 atom stereocenters. The third-order valence-electron chi connectivity index (χ3n) is 7.03. The van der Waals surface area contributed by atoms with Gasteiger partial charge >= 0.3 is 5.97 Å². The number of ether oxygens (including phenoxy) is 2. The fourth-order valence-electron chi connectivity index (χ4n) is 5.21. The average Bonchev–Trinajstić information content (AvgIpc) is 3.11. The molecule has 0 radical (unpaired) electrons. The number of hydrogen-bond acceptors (Lipinski definition) is 5. The first-order valence-electron chi connectivity index (χ1n) is 12.7. The smallest absolute Gasteiger partial charge is 0.344 e. The summed E-state index contributed by atoms with van der Waals surface area (Å²) in [5.41, 5.74) is 1.36. The van der Waals surface area contributed by atoms with Crippen molar-refractivity contribution in [1.82, 2.24) is 0 Å². The molecule has 2 rings (SSSR count). The second kappa shape index (κ2) is 15.3. The summed E-state index contributed by atoms with van der Waals surface area (Å²) in [6.45, 7) is 5.26. The molecule has 2 aliphatic rings. The Kier molecular flexibility index (Phi) is 12.8. The number of halogens is 1. The summed E-state index contributed by atoms with van der Waals surface area (Å²) in [5.74, 6) is 1.16. The zero-order valence-electron chi connectivity index (χ0n) is 20.2. The van der Waals surface area contributed by atoms with E-state index >= 15 is 0 Å². The zero-order chi connectivity index (χ0) is 24.1. The van der Waals surface area contributed by atoms with Gasteiger partial charge in [-0.25, -0.2) is 4.79 Å². The van der Waals surface area contributed by atoms with Gasteiger partial charge in [-0.1, -0.05) is 50.5 Å². The first-order valence-corrected chi connectivity index (χ1v) is 12.7. The Morgan fingerprint density at radius 2 is 2.09 bits per heavy atom. The van der Waals surface area contributed by atoms with Gasteiger partial charge in [0.2, 0.25) is 0 Å². The first kappa shape index (κ1) is 27.6. The fourth-order valence-corrected chi connectivity index (χ4v) is 5.21. The van der Waals surface area contributed by atoms with Crippen LogP contribution in [0.4, 0.5) is 4.39 Å². The second-order valence-corrected chi connectivity index (χ2v) is 9.56.